The van der Waals surface area contributed by atoms with E-state index in [-0.39, 0.29) is 12.1 Å². The highest BCUT2D eigenvalue weighted by Gasteiger charge is 2.26. The highest BCUT2D eigenvalue weighted by atomic mass is 16.5. The smallest absolute Gasteiger partial charge is 0.257 e. The van der Waals surface area contributed by atoms with Gasteiger partial charge >= 0.3 is 0 Å². The Kier molecular flexibility index (Phi) is 5.58. The summed E-state index contributed by atoms with van der Waals surface area (Å²) < 4.78 is 11.3. The van der Waals surface area contributed by atoms with E-state index in [1.54, 1.807) is 6.21 Å². The number of fused-ring (bicyclic) bond motifs is 1. The summed E-state index contributed by atoms with van der Waals surface area (Å²) in [5.41, 5.74) is 3.87. The first kappa shape index (κ1) is 19.6. The predicted molar refractivity (Wildman–Crippen MR) is 121 cm³/mol. The Morgan fingerprint density at radius 1 is 1.00 bits per heavy atom. The first-order valence-electron chi connectivity index (χ1n) is 10.7. The van der Waals surface area contributed by atoms with Gasteiger partial charge in [0.15, 0.2) is 0 Å². The maximum absolute atomic E-state index is 13.3. The Morgan fingerprint density at radius 3 is 2.58 bits per heavy atom. The van der Waals surface area contributed by atoms with E-state index in [1.807, 2.05) is 35.4 Å². The number of aliphatic imine (C=N–C) groups is 1. The number of ether oxygens (including phenoxy) is 2. The Morgan fingerprint density at radius 2 is 1.81 bits per heavy atom. The molecule has 0 aromatic heterocycles. The fourth-order valence-electron chi connectivity index (χ4n) is 4.12. The fraction of sp³-hybridized carbons (Fsp3) is 0.333. The number of benzene rings is 2. The van der Waals surface area contributed by atoms with Crippen molar-refractivity contribution < 1.29 is 14.3 Å². The van der Waals surface area contributed by atoms with Gasteiger partial charge in [0.25, 0.3) is 5.91 Å². The van der Waals surface area contributed by atoms with Crippen LogP contribution in [-0.2, 0) is 4.74 Å². The van der Waals surface area contributed by atoms with E-state index in [0.29, 0.717) is 31.0 Å². The summed E-state index contributed by atoms with van der Waals surface area (Å²) in [7, 11) is 0. The van der Waals surface area contributed by atoms with Crippen molar-refractivity contribution in [2.24, 2.45) is 4.99 Å². The summed E-state index contributed by atoms with van der Waals surface area (Å²) in [6.07, 6.45) is 5.32. The van der Waals surface area contributed by atoms with Crippen molar-refractivity contribution in [2.75, 3.05) is 50.9 Å². The second-order valence-corrected chi connectivity index (χ2v) is 7.80. The molecule has 3 aliphatic rings. The molecular formula is C24H26N4O3. The molecule has 1 fully saturated rings. The SMILES string of the molecule is O=C1c2cc(-c3ccc(N4CCOCC4)cc3)ccc2OCCN1CC1N=CC=CN1. The highest BCUT2D eigenvalue weighted by molar-refractivity contribution is 5.98. The number of carbonyl (C=O) groups excluding carboxylic acids is 1. The first-order chi connectivity index (χ1) is 15.3. The lowest BCUT2D eigenvalue weighted by molar-refractivity contribution is 0.0742. The minimum absolute atomic E-state index is 0.0224. The van der Waals surface area contributed by atoms with Crippen molar-refractivity contribution >= 4 is 17.8 Å². The summed E-state index contributed by atoms with van der Waals surface area (Å²) in [5.74, 6) is 0.618. The number of carbonyl (C=O) groups is 1. The van der Waals surface area contributed by atoms with E-state index < -0.39 is 0 Å². The third-order valence-corrected chi connectivity index (χ3v) is 5.82. The molecule has 7 nitrogen and oxygen atoms in total. The van der Waals surface area contributed by atoms with Crippen LogP contribution in [0.3, 0.4) is 0 Å². The zero-order valence-corrected chi connectivity index (χ0v) is 17.4. The molecule has 1 saturated heterocycles. The Bertz CT molecular complexity index is 996. The summed E-state index contributed by atoms with van der Waals surface area (Å²) in [5, 5.41) is 3.18. The molecule has 2 aromatic rings. The molecule has 1 amide bonds. The minimum atomic E-state index is -0.133. The van der Waals surface area contributed by atoms with Gasteiger partial charge in [0.2, 0.25) is 0 Å². The first-order valence-corrected chi connectivity index (χ1v) is 10.7. The average Bonchev–Trinajstić information content (AvgIpc) is 2.99. The van der Waals surface area contributed by atoms with Crippen molar-refractivity contribution in [3.63, 3.8) is 0 Å². The summed E-state index contributed by atoms with van der Waals surface area (Å²) in [4.78, 5) is 21.8. The molecule has 5 rings (SSSR count). The maximum atomic E-state index is 13.3. The van der Waals surface area contributed by atoms with E-state index in [1.165, 1.54) is 5.69 Å². The largest absolute Gasteiger partial charge is 0.491 e. The van der Waals surface area contributed by atoms with Gasteiger partial charge in [-0.05, 0) is 47.7 Å². The van der Waals surface area contributed by atoms with Crippen LogP contribution in [0.4, 0.5) is 5.69 Å². The van der Waals surface area contributed by atoms with Crippen LogP contribution in [0.2, 0.25) is 0 Å². The number of morpholine rings is 1. The second-order valence-electron chi connectivity index (χ2n) is 7.80. The van der Waals surface area contributed by atoms with Gasteiger partial charge in [0.05, 0.1) is 31.9 Å². The van der Waals surface area contributed by atoms with Gasteiger partial charge in [-0.1, -0.05) is 18.2 Å². The molecule has 1 atom stereocenters. The van der Waals surface area contributed by atoms with Gasteiger partial charge in [0.1, 0.15) is 18.5 Å². The zero-order valence-electron chi connectivity index (χ0n) is 17.4. The van der Waals surface area contributed by atoms with Gasteiger partial charge in [-0.2, -0.15) is 0 Å². The molecule has 3 aliphatic heterocycles. The normalized spacial score (nSPS) is 20.6. The van der Waals surface area contributed by atoms with E-state index in [9.17, 15) is 4.79 Å². The van der Waals surface area contributed by atoms with Crippen LogP contribution in [0.1, 0.15) is 10.4 Å². The summed E-state index contributed by atoms with van der Waals surface area (Å²) in [6.45, 7) is 4.87. The number of hydrogen-bond donors (Lipinski definition) is 1. The van der Waals surface area contributed by atoms with E-state index >= 15 is 0 Å². The van der Waals surface area contributed by atoms with Gasteiger partial charge < -0.3 is 24.6 Å². The molecule has 0 spiro atoms. The van der Waals surface area contributed by atoms with Gasteiger partial charge in [-0.3, -0.25) is 9.79 Å². The molecule has 1 N–H and O–H groups in total. The molecule has 160 valence electrons. The lowest BCUT2D eigenvalue weighted by Crippen LogP contribution is -2.42. The van der Waals surface area contributed by atoms with Gasteiger partial charge in [-0.25, -0.2) is 0 Å². The molecular weight excluding hydrogens is 392 g/mol. The van der Waals surface area contributed by atoms with E-state index in [4.69, 9.17) is 9.47 Å². The molecule has 7 heteroatoms. The molecule has 2 aromatic carbocycles. The van der Waals surface area contributed by atoms with Crippen molar-refractivity contribution in [3.8, 4) is 16.9 Å². The number of allylic oxidation sites excluding steroid dienone is 1. The quantitative estimate of drug-likeness (QED) is 0.827. The third kappa shape index (κ3) is 4.27. The standard InChI is InChI=1S/C24H26N4O3/c29-24-21-16-19(18-2-5-20(6-3-18)27-10-13-30-14-11-27)4-7-22(21)31-15-12-28(24)17-23-25-8-1-9-26-23/h1-9,16,23,25H,10-15,17H2. The zero-order chi connectivity index (χ0) is 21.0. The molecule has 0 bridgehead atoms. The highest BCUT2D eigenvalue weighted by Crippen LogP contribution is 2.30. The van der Waals surface area contributed by atoms with Crippen molar-refractivity contribution in [3.05, 3.63) is 60.3 Å². The lowest BCUT2D eigenvalue weighted by Gasteiger charge is -2.29. The van der Waals surface area contributed by atoms with Gasteiger partial charge in [0, 0.05) is 25.0 Å². The topological polar surface area (TPSA) is 66.4 Å². The van der Waals surface area contributed by atoms with Crippen LogP contribution in [-0.4, -0.2) is 69.2 Å². The Balaban J connectivity index is 1.36. The minimum Gasteiger partial charge on any atom is -0.491 e. The number of hydrogen-bond acceptors (Lipinski definition) is 6. The second kappa shape index (κ2) is 8.81. The molecule has 3 heterocycles. The molecule has 0 aliphatic carbocycles. The molecule has 31 heavy (non-hydrogen) atoms. The predicted octanol–water partition coefficient (Wildman–Crippen LogP) is 2.54. The van der Waals surface area contributed by atoms with Crippen molar-refractivity contribution in [2.45, 2.75) is 6.17 Å². The lowest BCUT2D eigenvalue weighted by atomic mass is 10.0. The number of nitrogens with one attached hydrogen (secondary N) is 1. The van der Waals surface area contributed by atoms with Crippen LogP contribution in [0.5, 0.6) is 5.75 Å². The van der Waals surface area contributed by atoms with Crippen LogP contribution >= 0.6 is 0 Å². The third-order valence-electron chi connectivity index (χ3n) is 5.82. The number of nitrogens with zero attached hydrogens (tertiary/aromatic N) is 3. The van der Waals surface area contributed by atoms with E-state index in [0.717, 1.165) is 37.4 Å². The molecule has 0 radical (unpaired) electrons. The number of rotatable bonds is 4. The summed E-state index contributed by atoms with van der Waals surface area (Å²) in [6, 6.07) is 14.4. The summed E-state index contributed by atoms with van der Waals surface area (Å²) >= 11 is 0. The van der Waals surface area contributed by atoms with Crippen LogP contribution < -0.4 is 15.0 Å². The van der Waals surface area contributed by atoms with Crippen molar-refractivity contribution in [1.82, 2.24) is 10.2 Å². The van der Waals surface area contributed by atoms with Crippen molar-refractivity contribution in [1.29, 1.82) is 0 Å². The fourth-order valence-corrected chi connectivity index (χ4v) is 4.12. The number of anilines is 1. The Labute approximate surface area is 182 Å². The van der Waals surface area contributed by atoms with Crippen LogP contribution in [0, 0.1) is 0 Å². The van der Waals surface area contributed by atoms with Gasteiger partial charge in [-0.15, -0.1) is 0 Å². The average molecular weight is 418 g/mol. The maximum Gasteiger partial charge on any atom is 0.257 e. The van der Waals surface area contributed by atoms with Crippen LogP contribution in [0.25, 0.3) is 11.1 Å². The Hall–Kier alpha value is -3.32. The van der Waals surface area contributed by atoms with E-state index in [2.05, 4.69) is 39.5 Å². The molecule has 0 saturated carbocycles. The monoisotopic (exact) mass is 418 g/mol. The van der Waals surface area contributed by atoms with Crippen LogP contribution in [0.15, 0.2) is 59.7 Å². The molecule has 1 unspecified atom stereocenters. The number of amides is 1.